The van der Waals surface area contributed by atoms with E-state index in [4.69, 9.17) is 9.47 Å². The van der Waals surface area contributed by atoms with Gasteiger partial charge in [0, 0.05) is 6.54 Å². The number of methoxy groups -OCH3 is 1. The Bertz CT molecular complexity index is 767. The molecule has 1 aliphatic rings. The molecule has 1 aromatic carbocycles. The zero-order chi connectivity index (χ0) is 22.3. The van der Waals surface area contributed by atoms with Gasteiger partial charge in [0.1, 0.15) is 23.9 Å². The Hall–Kier alpha value is -3.10. The third-order valence-electron chi connectivity index (χ3n) is 4.92. The molecule has 2 rings (SSSR count). The Morgan fingerprint density at radius 2 is 1.73 bits per heavy atom. The van der Waals surface area contributed by atoms with E-state index in [9.17, 15) is 19.2 Å². The molecule has 1 aliphatic heterocycles. The topological polar surface area (TPSA) is 114 Å². The molecule has 1 aromatic rings. The van der Waals surface area contributed by atoms with Crippen LogP contribution in [-0.2, 0) is 19.1 Å². The van der Waals surface area contributed by atoms with Gasteiger partial charge in [0.15, 0.2) is 0 Å². The zero-order valence-corrected chi connectivity index (χ0v) is 17.7. The molecule has 30 heavy (non-hydrogen) atoms. The second kappa shape index (κ2) is 10.6. The maximum absolute atomic E-state index is 13.0. The van der Waals surface area contributed by atoms with Crippen molar-refractivity contribution in [2.24, 2.45) is 5.92 Å². The van der Waals surface area contributed by atoms with Crippen molar-refractivity contribution < 1.29 is 28.7 Å². The number of para-hydroxylation sites is 1. The first-order valence-electron chi connectivity index (χ1n) is 9.96. The van der Waals surface area contributed by atoms with Crippen LogP contribution in [-0.4, -0.2) is 60.6 Å². The molecule has 164 valence electrons. The Kier molecular flexibility index (Phi) is 8.20. The van der Waals surface area contributed by atoms with Crippen molar-refractivity contribution in [3.63, 3.8) is 0 Å². The van der Waals surface area contributed by atoms with Crippen LogP contribution in [0.4, 0.5) is 4.79 Å². The minimum atomic E-state index is -0.926. The molecule has 1 saturated heterocycles. The lowest BCUT2D eigenvalue weighted by molar-refractivity contribution is -0.152. The van der Waals surface area contributed by atoms with E-state index in [1.165, 1.54) is 18.9 Å². The summed E-state index contributed by atoms with van der Waals surface area (Å²) in [6.45, 7) is 5.52. The van der Waals surface area contributed by atoms with Gasteiger partial charge < -0.3 is 25.0 Å². The number of ether oxygens (including phenoxy) is 2. The molecule has 0 aromatic heterocycles. The Morgan fingerprint density at radius 3 is 2.33 bits per heavy atom. The number of hydrogen-bond donors (Lipinski definition) is 2. The van der Waals surface area contributed by atoms with Crippen molar-refractivity contribution in [2.75, 3.05) is 13.7 Å². The third-order valence-corrected chi connectivity index (χ3v) is 4.92. The largest absolute Gasteiger partial charge is 0.467 e. The van der Waals surface area contributed by atoms with Crippen LogP contribution >= 0.6 is 0 Å². The lowest BCUT2D eigenvalue weighted by atomic mass is 10.0. The normalized spacial score (nSPS) is 17.8. The highest BCUT2D eigenvalue weighted by atomic mass is 16.6. The van der Waals surface area contributed by atoms with Gasteiger partial charge in [-0.3, -0.25) is 9.59 Å². The molecule has 0 saturated carbocycles. The fourth-order valence-electron chi connectivity index (χ4n) is 3.25. The van der Waals surface area contributed by atoms with Gasteiger partial charge in [-0.2, -0.15) is 0 Å². The maximum Gasteiger partial charge on any atom is 0.413 e. The van der Waals surface area contributed by atoms with Crippen molar-refractivity contribution >= 4 is 23.9 Å². The van der Waals surface area contributed by atoms with E-state index in [-0.39, 0.29) is 11.8 Å². The number of carbonyl (C=O) groups is 4. The van der Waals surface area contributed by atoms with Crippen LogP contribution in [0, 0.1) is 5.92 Å². The van der Waals surface area contributed by atoms with Crippen molar-refractivity contribution in [3.8, 4) is 5.75 Å². The lowest BCUT2D eigenvalue weighted by Crippen LogP contribution is -2.57. The molecular weight excluding hydrogens is 390 g/mol. The monoisotopic (exact) mass is 419 g/mol. The molecule has 3 atom stereocenters. The van der Waals surface area contributed by atoms with Gasteiger partial charge in [0.2, 0.25) is 11.8 Å². The van der Waals surface area contributed by atoms with Crippen LogP contribution in [0.25, 0.3) is 0 Å². The summed E-state index contributed by atoms with van der Waals surface area (Å²) in [7, 11) is 1.28. The first kappa shape index (κ1) is 23.2. The first-order valence-corrected chi connectivity index (χ1v) is 9.96. The van der Waals surface area contributed by atoms with Gasteiger partial charge in [-0.1, -0.05) is 32.0 Å². The molecule has 0 spiro atoms. The summed E-state index contributed by atoms with van der Waals surface area (Å²) < 4.78 is 9.90. The number of esters is 1. The van der Waals surface area contributed by atoms with E-state index in [1.54, 1.807) is 44.2 Å². The van der Waals surface area contributed by atoms with Gasteiger partial charge in [0.25, 0.3) is 0 Å². The smallest absolute Gasteiger partial charge is 0.413 e. The van der Waals surface area contributed by atoms with Gasteiger partial charge in [-0.25, -0.2) is 9.59 Å². The molecule has 9 nitrogen and oxygen atoms in total. The van der Waals surface area contributed by atoms with Crippen molar-refractivity contribution in [1.82, 2.24) is 15.5 Å². The van der Waals surface area contributed by atoms with E-state index in [0.29, 0.717) is 25.1 Å². The molecule has 1 heterocycles. The summed E-state index contributed by atoms with van der Waals surface area (Å²) in [6, 6.07) is 6.06. The number of nitrogens with zero attached hydrogens (tertiary/aromatic N) is 1. The highest BCUT2D eigenvalue weighted by molar-refractivity contribution is 5.93. The quantitative estimate of drug-likeness (QED) is 0.647. The van der Waals surface area contributed by atoms with Crippen LogP contribution in [0.3, 0.4) is 0 Å². The van der Waals surface area contributed by atoms with Crippen molar-refractivity contribution in [1.29, 1.82) is 0 Å². The molecule has 0 radical (unpaired) electrons. The van der Waals surface area contributed by atoms with Gasteiger partial charge in [0.05, 0.1) is 7.11 Å². The molecule has 1 fully saturated rings. The highest BCUT2D eigenvalue weighted by Gasteiger charge is 2.39. The number of carbonyl (C=O) groups excluding carboxylic acids is 4. The summed E-state index contributed by atoms with van der Waals surface area (Å²) in [5, 5.41) is 5.13. The molecule has 0 aliphatic carbocycles. The molecule has 9 heteroatoms. The predicted molar refractivity (Wildman–Crippen MR) is 109 cm³/mol. The molecule has 2 N–H and O–H groups in total. The van der Waals surface area contributed by atoms with E-state index in [1.807, 2.05) is 0 Å². The van der Waals surface area contributed by atoms with E-state index >= 15 is 0 Å². The Morgan fingerprint density at radius 1 is 1.07 bits per heavy atom. The number of amides is 3. The number of benzene rings is 1. The van der Waals surface area contributed by atoms with Crippen LogP contribution in [0.15, 0.2) is 30.3 Å². The van der Waals surface area contributed by atoms with E-state index in [0.717, 1.165) is 0 Å². The minimum Gasteiger partial charge on any atom is -0.467 e. The van der Waals surface area contributed by atoms with Crippen LogP contribution in [0.5, 0.6) is 5.75 Å². The van der Waals surface area contributed by atoms with Crippen LogP contribution in [0.1, 0.15) is 33.6 Å². The Labute approximate surface area is 176 Å². The second-order valence-corrected chi connectivity index (χ2v) is 7.51. The fraction of sp³-hybridized carbons (Fsp3) is 0.524. The van der Waals surface area contributed by atoms with Crippen molar-refractivity contribution in [2.45, 2.75) is 51.7 Å². The van der Waals surface area contributed by atoms with Gasteiger partial charge in [-0.15, -0.1) is 0 Å². The molecular formula is C21H29N3O6. The van der Waals surface area contributed by atoms with E-state index in [2.05, 4.69) is 10.6 Å². The Balaban J connectivity index is 1.97. The third kappa shape index (κ3) is 5.95. The highest BCUT2D eigenvalue weighted by Crippen LogP contribution is 2.21. The second-order valence-electron chi connectivity index (χ2n) is 7.51. The lowest BCUT2D eigenvalue weighted by Gasteiger charge is -2.30. The number of nitrogens with one attached hydrogen (secondary N) is 2. The number of hydrogen-bond acceptors (Lipinski definition) is 6. The first-order chi connectivity index (χ1) is 14.2. The molecule has 0 bridgehead atoms. The zero-order valence-electron chi connectivity index (χ0n) is 17.7. The van der Waals surface area contributed by atoms with Gasteiger partial charge >= 0.3 is 12.1 Å². The number of likely N-dealkylation sites (tertiary alicyclic amines) is 1. The maximum atomic E-state index is 13.0. The van der Waals surface area contributed by atoms with Crippen molar-refractivity contribution in [3.05, 3.63) is 30.3 Å². The van der Waals surface area contributed by atoms with Gasteiger partial charge in [-0.05, 0) is 37.8 Å². The SMILES string of the molecule is COC(=O)C1CCCN1C(=O)C(NC(=O)C(C)NC(=O)Oc1ccccc1)C(C)C. The van der Waals surface area contributed by atoms with Crippen LogP contribution < -0.4 is 15.4 Å². The fourth-order valence-corrected chi connectivity index (χ4v) is 3.25. The predicted octanol–water partition coefficient (Wildman–Crippen LogP) is 1.47. The summed E-state index contributed by atoms with van der Waals surface area (Å²) in [6.07, 6.45) is 0.440. The average Bonchev–Trinajstić information content (AvgIpc) is 3.21. The van der Waals surface area contributed by atoms with Crippen LogP contribution in [0.2, 0.25) is 0 Å². The summed E-state index contributed by atoms with van der Waals surface area (Å²) in [5.41, 5.74) is 0. The van der Waals surface area contributed by atoms with E-state index < -0.39 is 36.1 Å². The molecule has 3 amide bonds. The average molecular weight is 419 g/mol. The molecule has 3 unspecified atom stereocenters. The summed E-state index contributed by atoms with van der Waals surface area (Å²) in [5.74, 6) is -1.20. The standard InChI is InChI=1S/C21H29N3O6/c1-13(2)17(19(26)24-12-8-11-16(24)20(27)29-4)23-18(25)14(3)22-21(28)30-15-9-6-5-7-10-15/h5-7,9-10,13-14,16-17H,8,11-12H2,1-4H3,(H,22,28)(H,23,25). The summed E-state index contributed by atoms with van der Waals surface area (Å²) in [4.78, 5) is 51.0. The number of rotatable bonds is 7. The minimum absolute atomic E-state index is 0.219. The summed E-state index contributed by atoms with van der Waals surface area (Å²) >= 11 is 0.